The molecule has 2 saturated heterocycles. The number of carbonyl (C=O) groups is 1. The number of amides is 1. The molecule has 4 aromatic rings. The number of ether oxygens (including phenoxy) is 3. The van der Waals surface area contributed by atoms with Gasteiger partial charge in [-0.1, -0.05) is 0 Å². The van der Waals surface area contributed by atoms with Crippen molar-refractivity contribution in [2.45, 2.75) is 57.1 Å². The summed E-state index contributed by atoms with van der Waals surface area (Å²) in [5, 5.41) is 12.6. The summed E-state index contributed by atoms with van der Waals surface area (Å²) in [6, 6.07) is 7.88. The third-order valence-electron chi connectivity index (χ3n) is 7.12. The van der Waals surface area contributed by atoms with Crippen LogP contribution >= 0.6 is 0 Å². The Kier molecular flexibility index (Phi) is 8.02. The summed E-state index contributed by atoms with van der Waals surface area (Å²) < 4.78 is 71.6. The molecule has 234 valence electrons. The number of aromatic amines is 1. The predicted octanol–water partition coefficient (Wildman–Crippen LogP) is 4.39. The van der Waals surface area contributed by atoms with Crippen molar-refractivity contribution in [1.82, 2.24) is 34.8 Å². The quantitative estimate of drug-likeness (QED) is 0.234. The highest BCUT2D eigenvalue weighted by Crippen LogP contribution is 2.34. The highest BCUT2D eigenvalue weighted by Gasteiger charge is 2.42. The molecule has 6 rings (SSSR count). The van der Waals surface area contributed by atoms with Gasteiger partial charge in [0.25, 0.3) is 0 Å². The maximum absolute atomic E-state index is 15.0. The number of H-pyrrole nitrogens is 1. The van der Waals surface area contributed by atoms with Crippen molar-refractivity contribution >= 4 is 23.5 Å². The van der Waals surface area contributed by atoms with Crippen molar-refractivity contribution < 1.29 is 36.6 Å². The van der Waals surface area contributed by atoms with E-state index in [2.05, 4.69) is 35.7 Å². The molecule has 3 N–H and O–H groups in total. The SMILES string of the molecule is CC(C)NC(=O)O[C@@H]1CO[C@H](c2cc(Nc3nccc4nc(CN5CC(Oc6ccc(C(F)(F)F)cc6)C5)cn34)n[nH]2)[C@H]1F. The Morgan fingerprint density at radius 1 is 1.20 bits per heavy atom. The van der Waals surface area contributed by atoms with Gasteiger partial charge in [-0.3, -0.25) is 14.4 Å². The zero-order valence-corrected chi connectivity index (χ0v) is 23.7. The molecular weight excluding hydrogens is 588 g/mol. The molecule has 2 aliphatic rings. The molecule has 1 aromatic carbocycles. The fraction of sp³-hybridized carbons (Fsp3) is 0.429. The summed E-state index contributed by atoms with van der Waals surface area (Å²) in [7, 11) is 0. The lowest BCUT2D eigenvalue weighted by atomic mass is 10.1. The van der Waals surface area contributed by atoms with E-state index < -0.39 is 36.2 Å². The average molecular weight is 619 g/mol. The summed E-state index contributed by atoms with van der Waals surface area (Å²) >= 11 is 0. The number of rotatable bonds is 9. The number of carbonyl (C=O) groups excluding carboxylic acids is 1. The largest absolute Gasteiger partial charge is 0.488 e. The van der Waals surface area contributed by atoms with Crippen LogP contribution in [0.4, 0.5) is 34.1 Å². The first-order valence-electron chi connectivity index (χ1n) is 14.0. The van der Waals surface area contributed by atoms with Gasteiger partial charge < -0.3 is 24.8 Å². The van der Waals surface area contributed by atoms with Gasteiger partial charge in [0, 0.05) is 44.1 Å². The van der Waals surface area contributed by atoms with Crippen molar-refractivity contribution in [3.05, 3.63) is 65.7 Å². The number of likely N-dealkylation sites (tertiary alicyclic amines) is 1. The maximum Gasteiger partial charge on any atom is 0.416 e. The number of fused-ring (bicyclic) bond motifs is 1. The van der Waals surface area contributed by atoms with Crippen LogP contribution in [0.3, 0.4) is 0 Å². The van der Waals surface area contributed by atoms with Crippen LogP contribution in [0.15, 0.2) is 48.8 Å². The van der Waals surface area contributed by atoms with E-state index >= 15 is 4.39 Å². The summed E-state index contributed by atoms with van der Waals surface area (Å²) in [5.74, 6) is 1.20. The van der Waals surface area contributed by atoms with E-state index in [4.69, 9.17) is 14.2 Å². The molecule has 16 heteroatoms. The van der Waals surface area contributed by atoms with Crippen LogP contribution in [0.2, 0.25) is 0 Å². The molecule has 0 spiro atoms. The third-order valence-corrected chi connectivity index (χ3v) is 7.12. The topological polar surface area (TPSA) is 131 Å². The van der Waals surface area contributed by atoms with Gasteiger partial charge in [-0.05, 0) is 44.2 Å². The number of hydrogen-bond acceptors (Lipinski definition) is 9. The maximum atomic E-state index is 15.0. The standard InChI is InChI=1S/C28H30F4N8O4/c1-15(2)34-27(41)44-21-14-42-25(24(21)29)20-9-22(38-37-20)36-26-33-8-7-23-35-17(11-40(23)26)10-39-12-19(13-39)43-18-5-3-16(4-6-18)28(30,31)32/h3-9,11,15,19,21,24-25H,10,12-14H2,1-2H3,(H,34,41)(H2,33,36,37,38)/t21-,24+,25-/m1/s1. The van der Waals surface area contributed by atoms with Crippen LogP contribution in [-0.2, 0) is 22.2 Å². The lowest BCUT2D eigenvalue weighted by molar-refractivity contribution is -0.137. The van der Waals surface area contributed by atoms with Crippen LogP contribution in [-0.4, -0.2) is 79.7 Å². The van der Waals surface area contributed by atoms with Gasteiger partial charge >= 0.3 is 12.3 Å². The van der Waals surface area contributed by atoms with E-state index in [1.165, 1.54) is 12.1 Å². The van der Waals surface area contributed by atoms with Gasteiger partial charge in [-0.25, -0.2) is 19.2 Å². The second-order valence-electron chi connectivity index (χ2n) is 11.0. The van der Waals surface area contributed by atoms with Crippen LogP contribution in [0.1, 0.15) is 36.9 Å². The van der Waals surface area contributed by atoms with Crippen molar-refractivity contribution in [3.63, 3.8) is 0 Å². The van der Waals surface area contributed by atoms with Crippen LogP contribution in [0, 0.1) is 0 Å². The summed E-state index contributed by atoms with van der Waals surface area (Å²) in [6.45, 7) is 5.20. The first kappa shape index (κ1) is 29.6. The zero-order valence-electron chi connectivity index (χ0n) is 23.7. The van der Waals surface area contributed by atoms with Crippen molar-refractivity contribution in [2.75, 3.05) is 25.0 Å². The monoisotopic (exact) mass is 618 g/mol. The lowest BCUT2D eigenvalue weighted by Gasteiger charge is -2.38. The van der Waals surface area contributed by atoms with Gasteiger partial charge in [-0.2, -0.15) is 18.3 Å². The molecule has 12 nitrogen and oxygen atoms in total. The molecule has 5 heterocycles. The zero-order chi connectivity index (χ0) is 31.0. The molecule has 44 heavy (non-hydrogen) atoms. The lowest BCUT2D eigenvalue weighted by Crippen LogP contribution is -2.53. The molecular formula is C28H30F4N8O4. The van der Waals surface area contributed by atoms with Gasteiger partial charge in [0.05, 0.1) is 23.6 Å². The molecule has 3 atom stereocenters. The van der Waals surface area contributed by atoms with E-state index in [9.17, 15) is 18.0 Å². The number of nitrogens with one attached hydrogen (secondary N) is 3. The number of halogens is 4. The number of alkyl halides is 4. The minimum absolute atomic E-state index is 0.0866. The molecule has 0 aliphatic carbocycles. The van der Waals surface area contributed by atoms with Gasteiger partial charge in [-0.15, -0.1) is 0 Å². The minimum Gasteiger partial charge on any atom is -0.488 e. The van der Waals surface area contributed by atoms with Crippen molar-refractivity contribution in [3.8, 4) is 5.75 Å². The highest BCUT2D eigenvalue weighted by atomic mass is 19.4. The Bertz CT molecular complexity index is 1600. The second kappa shape index (κ2) is 11.9. The Hall–Kier alpha value is -4.44. The molecule has 0 unspecified atom stereocenters. The van der Waals surface area contributed by atoms with Crippen LogP contribution in [0.5, 0.6) is 5.75 Å². The van der Waals surface area contributed by atoms with E-state index in [0.29, 0.717) is 48.5 Å². The number of imidazole rings is 1. The number of aromatic nitrogens is 5. The van der Waals surface area contributed by atoms with Gasteiger partial charge in [0.15, 0.2) is 18.1 Å². The minimum atomic E-state index is -4.39. The number of anilines is 2. The number of benzene rings is 1. The predicted molar refractivity (Wildman–Crippen MR) is 148 cm³/mol. The Morgan fingerprint density at radius 2 is 1.98 bits per heavy atom. The molecule has 1 amide bonds. The smallest absolute Gasteiger partial charge is 0.416 e. The highest BCUT2D eigenvalue weighted by molar-refractivity contribution is 5.67. The Balaban J connectivity index is 1.03. The fourth-order valence-corrected chi connectivity index (χ4v) is 5.01. The Labute approximate surface area is 248 Å². The molecule has 2 fully saturated rings. The van der Waals surface area contributed by atoms with Gasteiger partial charge in [0.2, 0.25) is 5.95 Å². The normalized spacial score (nSPS) is 21.0. The van der Waals surface area contributed by atoms with E-state index in [0.717, 1.165) is 17.8 Å². The molecule has 0 saturated carbocycles. The fourth-order valence-electron chi connectivity index (χ4n) is 5.01. The van der Waals surface area contributed by atoms with Gasteiger partial charge in [0.1, 0.15) is 23.6 Å². The summed E-state index contributed by atoms with van der Waals surface area (Å²) in [4.78, 5) is 23.0. The van der Waals surface area contributed by atoms with Crippen LogP contribution in [0.25, 0.3) is 5.65 Å². The third kappa shape index (κ3) is 6.55. The first-order chi connectivity index (χ1) is 21.0. The summed E-state index contributed by atoms with van der Waals surface area (Å²) in [5.41, 5.74) is 1.09. The van der Waals surface area contributed by atoms with E-state index in [1.807, 2.05) is 6.20 Å². The summed E-state index contributed by atoms with van der Waals surface area (Å²) in [6.07, 6.45) is -5.40. The molecule has 2 aliphatic heterocycles. The van der Waals surface area contributed by atoms with E-state index in [1.54, 1.807) is 36.6 Å². The number of alkyl carbamates (subject to hydrolysis) is 1. The number of hydrogen-bond donors (Lipinski definition) is 3. The van der Waals surface area contributed by atoms with Crippen molar-refractivity contribution in [1.29, 1.82) is 0 Å². The molecule has 3 aromatic heterocycles. The Morgan fingerprint density at radius 3 is 2.70 bits per heavy atom. The van der Waals surface area contributed by atoms with E-state index in [-0.39, 0.29) is 18.8 Å². The average Bonchev–Trinajstić information content (AvgIpc) is 3.66. The second-order valence-corrected chi connectivity index (χ2v) is 11.0. The van der Waals surface area contributed by atoms with Crippen molar-refractivity contribution in [2.24, 2.45) is 0 Å². The van der Waals surface area contributed by atoms with Crippen LogP contribution < -0.4 is 15.4 Å². The first-order valence-corrected chi connectivity index (χ1v) is 14.0. The number of nitrogens with zero attached hydrogens (tertiary/aromatic N) is 5. The molecule has 0 bridgehead atoms. The molecule has 0 radical (unpaired) electrons.